The Bertz CT molecular complexity index is 973. The number of hydrogen-bond donors (Lipinski definition) is 0. The van der Waals surface area contributed by atoms with Crippen molar-refractivity contribution < 1.29 is 4.74 Å². The molecule has 0 amide bonds. The summed E-state index contributed by atoms with van der Waals surface area (Å²) in [7, 11) is 1.68. The van der Waals surface area contributed by atoms with E-state index < -0.39 is 0 Å². The number of nitrogens with zero attached hydrogens (tertiary/aromatic N) is 2. The molecule has 0 saturated carbocycles. The Hall–Kier alpha value is -1.79. The highest BCUT2D eigenvalue weighted by Crippen LogP contribution is 2.32. The molecule has 1 aromatic carbocycles. The van der Waals surface area contributed by atoms with Crippen LogP contribution in [0.4, 0.5) is 0 Å². The van der Waals surface area contributed by atoms with Crippen LogP contribution in [0.25, 0.3) is 10.2 Å². The fraction of sp³-hybridized carbons (Fsp3) is 0.368. The summed E-state index contributed by atoms with van der Waals surface area (Å²) >= 11 is 3.18. The van der Waals surface area contributed by atoms with Crippen molar-refractivity contribution in [2.24, 2.45) is 0 Å². The van der Waals surface area contributed by atoms with Crippen molar-refractivity contribution >= 4 is 33.3 Å². The van der Waals surface area contributed by atoms with Gasteiger partial charge in [-0.3, -0.25) is 9.36 Å². The Kier molecular flexibility index (Phi) is 5.20. The largest absolute Gasteiger partial charge is 0.496 e. The first kappa shape index (κ1) is 18.0. The van der Waals surface area contributed by atoms with Crippen LogP contribution in [0.1, 0.15) is 35.9 Å². The molecule has 0 aliphatic heterocycles. The number of thioether (sulfide) groups is 1. The highest BCUT2D eigenvalue weighted by molar-refractivity contribution is 7.98. The van der Waals surface area contributed by atoms with Gasteiger partial charge in [0.2, 0.25) is 0 Å². The summed E-state index contributed by atoms with van der Waals surface area (Å²) in [6.45, 7) is 8.10. The molecule has 0 aliphatic carbocycles. The Morgan fingerprint density at radius 3 is 2.68 bits per heavy atom. The summed E-state index contributed by atoms with van der Waals surface area (Å²) in [5.74, 6) is 1.57. The van der Waals surface area contributed by atoms with E-state index in [0.29, 0.717) is 5.75 Å². The van der Waals surface area contributed by atoms with Crippen LogP contribution in [-0.4, -0.2) is 16.7 Å². The molecule has 0 N–H and O–H groups in total. The number of aryl methyl sites for hydroxylation is 2. The number of hydrogen-bond acceptors (Lipinski definition) is 5. The topological polar surface area (TPSA) is 44.1 Å². The third-order valence-corrected chi connectivity index (χ3v) is 6.37. The number of fused-ring (bicyclic) bond motifs is 1. The lowest BCUT2D eigenvalue weighted by molar-refractivity contribution is 0.411. The van der Waals surface area contributed by atoms with Gasteiger partial charge in [0.05, 0.1) is 12.5 Å². The van der Waals surface area contributed by atoms with Crippen LogP contribution in [0.5, 0.6) is 5.75 Å². The smallest absolute Gasteiger partial charge is 0.263 e. The second kappa shape index (κ2) is 7.22. The first-order valence-corrected chi connectivity index (χ1v) is 10.0. The van der Waals surface area contributed by atoms with E-state index in [1.807, 2.05) is 56.5 Å². The molecular formula is C19H22N2O2S2. The molecule has 0 bridgehead atoms. The number of aromatic nitrogens is 2. The van der Waals surface area contributed by atoms with Gasteiger partial charge in [0.25, 0.3) is 5.56 Å². The number of rotatable bonds is 5. The minimum atomic E-state index is 0.0594. The van der Waals surface area contributed by atoms with Crippen molar-refractivity contribution in [2.75, 3.05) is 7.11 Å². The molecule has 3 aromatic rings. The Morgan fingerprint density at radius 1 is 1.28 bits per heavy atom. The number of para-hydroxylation sites is 1. The van der Waals surface area contributed by atoms with Crippen LogP contribution < -0.4 is 10.3 Å². The SMILES string of the molecule is COc1ccccc1CSc1nc2sc(C)c(C)c2c(=O)n1C(C)C. The van der Waals surface area contributed by atoms with E-state index in [9.17, 15) is 4.79 Å². The van der Waals surface area contributed by atoms with Crippen molar-refractivity contribution in [2.45, 2.75) is 44.6 Å². The van der Waals surface area contributed by atoms with Crippen LogP contribution in [0.15, 0.2) is 34.2 Å². The molecule has 0 atom stereocenters. The van der Waals surface area contributed by atoms with Crippen molar-refractivity contribution in [3.63, 3.8) is 0 Å². The van der Waals surface area contributed by atoms with Crippen LogP contribution in [0.2, 0.25) is 0 Å². The minimum Gasteiger partial charge on any atom is -0.496 e. The lowest BCUT2D eigenvalue weighted by atomic mass is 10.2. The first-order valence-electron chi connectivity index (χ1n) is 8.21. The Morgan fingerprint density at radius 2 is 2.00 bits per heavy atom. The summed E-state index contributed by atoms with van der Waals surface area (Å²) in [5.41, 5.74) is 2.20. The quantitative estimate of drug-likeness (QED) is 0.468. The molecule has 2 heterocycles. The Balaban J connectivity index is 2.06. The Labute approximate surface area is 155 Å². The fourth-order valence-electron chi connectivity index (χ4n) is 2.81. The maximum Gasteiger partial charge on any atom is 0.263 e. The zero-order chi connectivity index (χ0) is 18.1. The van der Waals surface area contributed by atoms with E-state index in [1.54, 1.807) is 30.2 Å². The van der Waals surface area contributed by atoms with E-state index in [0.717, 1.165) is 37.1 Å². The highest BCUT2D eigenvalue weighted by Gasteiger charge is 2.18. The summed E-state index contributed by atoms with van der Waals surface area (Å²) in [6, 6.07) is 8.01. The van der Waals surface area contributed by atoms with Crippen molar-refractivity contribution in [3.05, 3.63) is 50.6 Å². The molecule has 0 radical (unpaired) electrons. The van der Waals surface area contributed by atoms with E-state index in [-0.39, 0.29) is 11.6 Å². The standard InChI is InChI=1S/C19H22N2O2S2/c1-11(2)21-18(22)16-12(3)13(4)25-17(16)20-19(21)24-10-14-8-6-7-9-15(14)23-5/h6-9,11H,10H2,1-5H3. The first-order chi connectivity index (χ1) is 11.9. The third kappa shape index (κ3) is 3.33. The van der Waals surface area contributed by atoms with Gasteiger partial charge < -0.3 is 4.74 Å². The molecule has 132 valence electrons. The van der Waals surface area contributed by atoms with Gasteiger partial charge in [0.1, 0.15) is 10.6 Å². The predicted octanol–water partition coefficient (Wildman–Crippen LogP) is 4.96. The van der Waals surface area contributed by atoms with Crippen molar-refractivity contribution in [1.82, 2.24) is 9.55 Å². The zero-order valence-corrected chi connectivity index (χ0v) is 16.8. The second-order valence-electron chi connectivity index (χ2n) is 6.23. The van der Waals surface area contributed by atoms with Gasteiger partial charge in [-0.25, -0.2) is 4.98 Å². The molecule has 0 unspecified atom stereocenters. The molecule has 25 heavy (non-hydrogen) atoms. The molecule has 0 saturated heterocycles. The minimum absolute atomic E-state index is 0.0594. The normalized spacial score (nSPS) is 11.4. The maximum atomic E-state index is 13.1. The molecule has 4 nitrogen and oxygen atoms in total. The number of benzene rings is 1. The summed E-state index contributed by atoms with van der Waals surface area (Å²) in [4.78, 5) is 19.9. The van der Waals surface area contributed by atoms with E-state index >= 15 is 0 Å². The van der Waals surface area contributed by atoms with Crippen LogP contribution >= 0.6 is 23.1 Å². The van der Waals surface area contributed by atoms with Crippen LogP contribution in [-0.2, 0) is 5.75 Å². The molecule has 2 aromatic heterocycles. The van der Waals surface area contributed by atoms with Gasteiger partial charge in [0.15, 0.2) is 5.16 Å². The van der Waals surface area contributed by atoms with E-state index in [4.69, 9.17) is 9.72 Å². The van der Waals surface area contributed by atoms with Gasteiger partial charge in [-0.15, -0.1) is 11.3 Å². The predicted molar refractivity (Wildman–Crippen MR) is 106 cm³/mol. The van der Waals surface area contributed by atoms with E-state index in [1.165, 1.54) is 0 Å². The van der Waals surface area contributed by atoms with Gasteiger partial charge >= 0.3 is 0 Å². The number of thiophene rings is 1. The molecule has 0 aliphatic rings. The molecule has 0 fully saturated rings. The van der Waals surface area contributed by atoms with Crippen molar-refractivity contribution in [3.8, 4) is 5.75 Å². The lowest BCUT2D eigenvalue weighted by Gasteiger charge is -2.16. The molecule has 6 heteroatoms. The fourth-order valence-corrected chi connectivity index (χ4v) is 5.00. The van der Waals surface area contributed by atoms with Gasteiger partial charge in [-0.2, -0.15) is 0 Å². The average Bonchev–Trinajstić information content (AvgIpc) is 2.87. The third-order valence-electron chi connectivity index (χ3n) is 4.27. The lowest BCUT2D eigenvalue weighted by Crippen LogP contribution is -2.24. The molecular weight excluding hydrogens is 352 g/mol. The monoisotopic (exact) mass is 374 g/mol. The van der Waals surface area contributed by atoms with Gasteiger partial charge in [0, 0.05) is 22.2 Å². The maximum absolute atomic E-state index is 13.1. The number of methoxy groups -OCH3 is 1. The van der Waals surface area contributed by atoms with Crippen molar-refractivity contribution in [1.29, 1.82) is 0 Å². The summed E-state index contributed by atoms with van der Waals surface area (Å²) < 4.78 is 7.23. The second-order valence-corrected chi connectivity index (χ2v) is 8.37. The number of ether oxygens (including phenoxy) is 1. The van der Waals surface area contributed by atoms with Gasteiger partial charge in [-0.05, 0) is 39.3 Å². The average molecular weight is 375 g/mol. The van der Waals surface area contributed by atoms with Crippen LogP contribution in [0.3, 0.4) is 0 Å². The molecule has 0 spiro atoms. The van der Waals surface area contributed by atoms with Gasteiger partial charge in [-0.1, -0.05) is 30.0 Å². The van der Waals surface area contributed by atoms with Crippen LogP contribution in [0, 0.1) is 13.8 Å². The summed E-state index contributed by atoms with van der Waals surface area (Å²) in [6.07, 6.45) is 0. The summed E-state index contributed by atoms with van der Waals surface area (Å²) in [5, 5.41) is 1.53. The zero-order valence-electron chi connectivity index (χ0n) is 15.1. The van der Waals surface area contributed by atoms with E-state index in [2.05, 4.69) is 0 Å². The highest BCUT2D eigenvalue weighted by atomic mass is 32.2. The molecule has 3 rings (SSSR count).